The van der Waals surface area contributed by atoms with E-state index in [1.165, 1.54) is 0 Å². The topological polar surface area (TPSA) is 21.3 Å². The molecule has 6 heteroatoms. The molecule has 0 aliphatic heterocycles. The van der Waals surface area contributed by atoms with Gasteiger partial charge in [-0.05, 0) is 42.3 Å². The van der Waals surface area contributed by atoms with E-state index in [2.05, 4.69) is 5.32 Å². The van der Waals surface area contributed by atoms with Gasteiger partial charge in [-0.15, -0.1) is 0 Å². The number of anilines is 1. The maximum atomic E-state index is 6.22. The quantitative estimate of drug-likeness (QED) is 0.603. The maximum Gasteiger partial charge on any atom is 0.156 e. The van der Waals surface area contributed by atoms with Gasteiger partial charge in [-0.1, -0.05) is 53.3 Å². The number of hydrogen-bond acceptors (Lipinski definition) is 2. The molecule has 2 nitrogen and oxygen atoms in total. The zero-order chi connectivity index (χ0) is 16.1. The normalized spacial score (nSPS) is 10.6. The molecule has 0 aromatic heterocycles. The van der Waals surface area contributed by atoms with Crippen LogP contribution in [0.2, 0.25) is 20.1 Å². The van der Waals surface area contributed by atoms with E-state index in [9.17, 15) is 0 Å². The van der Waals surface area contributed by atoms with Crippen molar-refractivity contribution in [3.05, 3.63) is 56.0 Å². The molecule has 0 heterocycles. The Kier molecular flexibility index (Phi) is 6.51. The van der Waals surface area contributed by atoms with Crippen molar-refractivity contribution in [2.24, 2.45) is 0 Å². The second kappa shape index (κ2) is 8.16. The van der Waals surface area contributed by atoms with Crippen LogP contribution in [0, 0.1) is 0 Å². The standard InChI is InChI=1S/C16H15Cl4NO/c1-2-3-22-16-14(19)4-10(5-15(16)20)9-21-13-7-11(17)6-12(18)8-13/h4-8,21H,2-3,9H2,1H3. The molecular formula is C16H15Cl4NO. The monoisotopic (exact) mass is 377 g/mol. The summed E-state index contributed by atoms with van der Waals surface area (Å²) in [6.07, 6.45) is 0.894. The van der Waals surface area contributed by atoms with E-state index in [0.29, 0.717) is 39.0 Å². The van der Waals surface area contributed by atoms with E-state index in [0.717, 1.165) is 17.7 Å². The van der Waals surface area contributed by atoms with Gasteiger partial charge in [0.1, 0.15) is 0 Å². The SMILES string of the molecule is CCCOc1c(Cl)cc(CNc2cc(Cl)cc(Cl)c2)cc1Cl. The van der Waals surface area contributed by atoms with Gasteiger partial charge in [0.15, 0.2) is 5.75 Å². The second-order valence-electron chi connectivity index (χ2n) is 4.75. The number of rotatable bonds is 6. The Morgan fingerprint density at radius 3 is 2.05 bits per heavy atom. The molecule has 0 saturated heterocycles. The number of halogens is 4. The van der Waals surface area contributed by atoms with Crippen molar-refractivity contribution in [3.63, 3.8) is 0 Å². The second-order valence-corrected chi connectivity index (χ2v) is 6.44. The summed E-state index contributed by atoms with van der Waals surface area (Å²) in [7, 11) is 0. The van der Waals surface area contributed by atoms with Crippen LogP contribution in [0.1, 0.15) is 18.9 Å². The van der Waals surface area contributed by atoms with Crippen LogP contribution in [0.25, 0.3) is 0 Å². The summed E-state index contributed by atoms with van der Waals surface area (Å²) in [4.78, 5) is 0. The largest absolute Gasteiger partial charge is 0.490 e. The molecular weight excluding hydrogens is 364 g/mol. The molecule has 0 aliphatic carbocycles. The average molecular weight is 379 g/mol. The lowest BCUT2D eigenvalue weighted by Gasteiger charge is -2.12. The number of benzene rings is 2. The van der Waals surface area contributed by atoms with Gasteiger partial charge in [0.25, 0.3) is 0 Å². The van der Waals surface area contributed by atoms with Gasteiger partial charge in [0, 0.05) is 22.3 Å². The zero-order valence-corrected chi connectivity index (χ0v) is 15.0. The van der Waals surface area contributed by atoms with Crippen LogP contribution in [0.15, 0.2) is 30.3 Å². The zero-order valence-electron chi connectivity index (χ0n) is 11.9. The first-order valence-corrected chi connectivity index (χ1v) is 8.31. The summed E-state index contributed by atoms with van der Waals surface area (Å²) < 4.78 is 5.55. The first-order chi connectivity index (χ1) is 10.5. The summed E-state index contributed by atoms with van der Waals surface area (Å²) in [5.41, 5.74) is 1.77. The fourth-order valence-corrected chi connectivity index (χ4v) is 3.08. The van der Waals surface area contributed by atoms with Gasteiger partial charge in [0.05, 0.1) is 16.7 Å². The highest BCUT2D eigenvalue weighted by atomic mass is 35.5. The number of ether oxygens (including phenoxy) is 1. The van der Waals surface area contributed by atoms with Crippen molar-refractivity contribution < 1.29 is 4.74 Å². The molecule has 1 N–H and O–H groups in total. The molecule has 0 fully saturated rings. The molecule has 0 saturated carbocycles. The van der Waals surface area contributed by atoms with Crippen LogP contribution in [0.5, 0.6) is 5.75 Å². The fraction of sp³-hybridized carbons (Fsp3) is 0.250. The third-order valence-corrected chi connectivity index (χ3v) is 3.87. The van der Waals surface area contributed by atoms with Crippen LogP contribution in [0.4, 0.5) is 5.69 Å². The Bertz CT molecular complexity index is 617. The van der Waals surface area contributed by atoms with Crippen LogP contribution in [-0.2, 0) is 6.54 Å². The van der Waals surface area contributed by atoms with Crippen LogP contribution in [-0.4, -0.2) is 6.61 Å². The molecule has 0 amide bonds. The van der Waals surface area contributed by atoms with E-state index in [4.69, 9.17) is 51.1 Å². The molecule has 22 heavy (non-hydrogen) atoms. The van der Waals surface area contributed by atoms with Crippen molar-refractivity contribution in [2.45, 2.75) is 19.9 Å². The minimum absolute atomic E-state index is 0.502. The predicted molar refractivity (Wildman–Crippen MR) is 96.0 cm³/mol. The van der Waals surface area contributed by atoms with Gasteiger partial charge >= 0.3 is 0 Å². The van der Waals surface area contributed by atoms with E-state index in [1.807, 2.05) is 19.1 Å². The molecule has 2 aromatic rings. The van der Waals surface area contributed by atoms with Gasteiger partial charge in [0.2, 0.25) is 0 Å². The van der Waals surface area contributed by atoms with E-state index in [1.54, 1.807) is 18.2 Å². The van der Waals surface area contributed by atoms with Crippen molar-refractivity contribution >= 4 is 52.1 Å². The van der Waals surface area contributed by atoms with Gasteiger partial charge in [-0.25, -0.2) is 0 Å². The van der Waals surface area contributed by atoms with E-state index in [-0.39, 0.29) is 0 Å². The fourth-order valence-electron chi connectivity index (χ4n) is 1.92. The Hall–Kier alpha value is -0.800. The lowest BCUT2D eigenvalue weighted by Crippen LogP contribution is -2.01. The predicted octanol–water partition coefficient (Wildman–Crippen LogP) is 6.70. The third-order valence-electron chi connectivity index (χ3n) is 2.87. The van der Waals surface area contributed by atoms with Gasteiger partial charge < -0.3 is 10.1 Å². The summed E-state index contributed by atoms with van der Waals surface area (Å²) in [6, 6.07) is 8.95. The van der Waals surface area contributed by atoms with Crippen molar-refractivity contribution in [2.75, 3.05) is 11.9 Å². The molecule has 0 atom stereocenters. The van der Waals surface area contributed by atoms with Crippen LogP contribution in [0.3, 0.4) is 0 Å². The van der Waals surface area contributed by atoms with Crippen molar-refractivity contribution in [1.82, 2.24) is 0 Å². The highest BCUT2D eigenvalue weighted by Crippen LogP contribution is 2.34. The third kappa shape index (κ3) is 4.85. The maximum absolute atomic E-state index is 6.22. The molecule has 0 spiro atoms. The first kappa shape index (κ1) is 17.6. The molecule has 118 valence electrons. The highest BCUT2D eigenvalue weighted by molar-refractivity contribution is 6.37. The van der Waals surface area contributed by atoms with Crippen LogP contribution < -0.4 is 10.1 Å². The Balaban J connectivity index is 2.10. The summed E-state index contributed by atoms with van der Waals surface area (Å²) in [5.74, 6) is 0.528. The Morgan fingerprint density at radius 1 is 0.909 bits per heavy atom. The van der Waals surface area contributed by atoms with Gasteiger partial charge in [-0.3, -0.25) is 0 Å². The van der Waals surface area contributed by atoms with Crippen molar-refractivity contribution in [1.29, 1.82) is 0 Å². The summed E-state index contributed by atoms with van der Waals surface area (Å²) in [6.45, 7) is 3.15. The first-order valence-electron chi connectivity index (χ1n) is 6.80. The molecule has 0 aliphatic rings. The minimum Gasteiger partial charge on any atom is -0.490 e. The Morgan fingerprint density at radius 2 is 1.50 bits per heavy atom. The van der Waals surface area contributed by atoms with Crippen LogP contribution >= 0.6 is 46.4 Å². The number of nitrogens with one attached hydrogen (secondary N) is 1. The van der Waals surface area contributed by atoms with Crippen molar-refractivity contribution in [3.8, 4) is 5.75 Å². The lowest BCUT2D eigenvalue weighted by atomic mass is 10.2. The summed E-state index contributed by atoms with van der Waals surface area (Å²) in [5, 5.41) is 5.39. The highest BCUT2D eigenvalue weighted by Gasteiger charge is 2.09. The molecule has 2 rings (SSSR count). The molecule has 0 unspecified atom stereocenters. The minimum atomic E-state index is 0.502. The number of hydrogen-bond donors (Lipinski definition) is 1. The molecule has 0 bridgehead atoms. The molecule has 0 radical (unpaired) electrons. The Labute approximate surface area is 150 Å². The molecule has 2 aromatic carbocycles. The van der Waals surface area contributed by atoms with E-state index < -0.39 is 0 Å². The van der Waals surface area contributed by atoms with Gasteiger partial charge in [-0.2, -0.15) is 0 Å². The summed E-state index contributed by atoms with van der Waals surface area (Å²) >= 11 is 24.4. The lowest BCUT2D eigenvalue weighted by molar-refractivity contribution is 0.318. The smallest absolute Gasteiger partial charge is 0.156 e. The van der Waals surface area contributed by atoms with E-state index >= 15 is 0 Å². The average Bonchev–Trinajstić information content (AvgIpc) is 2.43.